The van der Waals surface area contributed by atoms with Crippen molar-refractivity contribution in [1.29, 1.82) is 0 Å². The number of aromatic hydroxyl groups is 3. The Morgan fingerprint density at radius 3 is 1.84 bits per heavy atom. The van der Waals surface area contributed by atoms with Gasteiger partial charge >= 0.3 is 11.9 Å². The Kier molecular flexibility index (Phi) is 34.8. The van der Waals surface area contributed by atoms with Crippen LogP contribution in [0.3, 0.4) is 0 Å². The zero-order chi connectivity index (χ0) is 78.8. The summed E-state index contributed by atoms with van der Waals surface area (Å²) < 4.78 is 0. The molecule has 2 saturated heterocycles. The monoisotopic (exact) mass is 1530 g/mol. The summed E-state index contributed by atoms with van der Waals surface area (Å²) in [5.74, 6) is -15.1. The number of carbonyl (C=O) groups excluding carboxylic acids is 10. The predicted molar refractivity (Wildman–Crippen MR) is 384 cm³/mol. The van der Waals surface area contributed by atoms with E-state index in [0.717, 1.165) is 33.4 Å². The smallest absolute Gasteiger partial charge is 0.305 e. The molecule has 0 spiro atoms. The van der Waals surface area contributed by atoms with Crippen LogP contribution in [-0.2, 0) is 76.8 Å². The molecule has 0 saturated carbocycles. The number of aryl methyl sites for hydroxylation is 1. The van der Waals surface area contributed by atoms with Crippen molar-refractivity contribution >= 4 is 92.6 Å². The number of aliphatic carboxylic acids is 2. The molecule has 1 aromatic heterocycles. The molecular weight excluding hydrogens is 1430 g/mol. The normalized spacial score (nSPS) is 22.5. The van der Waals surface area contributed by atoms with Crippen LogP contribution in [0.25, 0.3) is 0 Å². The first-order chi connectivity index (χ1) is 49.9. The standard InChI is InChI=1S/C67H99N15O22S2/c1-32(2)20-42(60(97)72-41(56(69)93)26-53(89)90)73-64(101)48-31-106-105-30-47(77-65(102)49-8-7-18-82(49)67(104)46(21-33(3)4)71-51(87)29-81(19-17-68)52(88)25-38-22-34(5)57(94)80-58(38)95)63(100)76-45(27-54(91)92)62(99)75-44(24-37-11-15-40(85)16-12-37)61(98)74-43(23-36-9-13-39(84)14-10-36)59(96)70-28-50(86)79-55(35(6)83)66(103)78-48/h9-16,22,32-33,35,41-50,55-56,63,76,79,83-86,93,100H,7-8,17-21,23-31,68-69H2,1-6H3,(H,70,96)(H,71,87)(H,72,97)(H,73,101)(H,74,98)(H,75,99)(H,77,102)(H,78,103)(H,89,90)(H,91,92)(H2,80,94,95)/t35?,41-,42-,43-,44-,45-,46-,47-,48-,49-,50+,55-,56+,63?/m0/s1. The fraction of sp³-hybridized carbons (Fsp3) is 0.567. The van der Waals surface area contributed by atoms with E-state index in [4.69, 9.17) is 11.5 Å². The largest absolute Gasteiger partial charge is 0.508 e. The van der Waals surface area contributed by atoms with Crippen molar-refractivity contribution in [1.82, 2.24) is 68.0 Å². The summed E-state index contributed by atoms with van der Waals surface area (Å²) in [6.07, 6.45) is -10.7. The van der Waals surface area contributed by atoms with Gasteiger partial charge in [-0.25, -0.2) is 0 Å². The number of carbonyl (C=O) groups is 12. The van der Waals surface area contributed by atoms with Gasteiger partial charge in [0, 0.05) is 55.1 Å². The third-order valence-corrected chi connectivity index (χ3v) is 19.4. The SMILES string of the molecule is Cc1cc(CC(=O)N(CCN)CC(=O)N[C@@H](CC(C)C)C(=O)N2CCC[C@H]2C(=O)N[C@H]2CSSC[C@@H](C(=O)N[C@@H](CC(C)C)C(=O)N[C@@H](CC(=O)O)[C@H](N)O)NC(=O)[C@H](C(C)O)N[C@H](O)CNC(=O)[C@H](Cc3ccc(O)cc3)NC(=O)[C@H](Cc3ccc(O)cc3)NC(=O)[C@H](CC(=O)O)NC2O)c(=O)[nH]c1O. The lowest BCUT2D eigenvalue weighted by molar-refractivity contribution is -0.143. The summed E-state index contributed by atoms with van der Waals surface area (Å²) in [7, 11) is 1.60. The van der Waals surface area contributed by atoms with Crippen LogP contribution in [0.5, 0.6) is 17.4 Å². The van der Waals surface area contributed by atoms with E-state index < -0.39 is 218 Å². The number of hydrogen-bond acceptors (Lipinski definition) is 26. The van der Waals surface area contributed by atoms with E-state index >= 15 is 0 Å². The number of phenolic OH excluding ortho intramolecular Hbond substituents is 2. The lowest BCUT2D eigenvalue weighted by Crippen LogP contribution is -2.62. The van der Waals surface area contributed by atoms with Gasteiger partial charge in [0.2, 0.25) is 59.1 Å². The molecule has 5 rings (SSSR count). The van der Waals surface area contributed by atoms with Crippen molar-refractivity contribution in [2.24, 2.45) is 23.3 Å². The number of nitrogens with two attached hydrogens (primary N) is 2. The highest BCUT2D eigenvalue weighted by atomic mass is 33.1. The van der Waals surface area contributed by atoms with Crippen molar-refractivity contribution in [3.05, 3.63) is 87.2 Å². The Morgan fingerprint density at radius 2 is 1.28 bits per heavy atom. The number of hydrogen-bond donors (Lipinski definition) is 22. The molecule has 14 atom stereocenters. The number of aliphatic hydroxyl groups is 4. The van der Waals surface area contributed by atoms with Crippen molar-refractivity contribution in [3.63, 3.8) is 0 Å². The highest BCUT2D eigenvalue weighted by Gasteiger charge is 2.42. The Hall–Kier alpha value is -9.19. The summed E-state index contributed by atoms with van der Waals surface area (Å²) >= 11 is 0. The van der Waals surface area contributed by atoms with E-state index in [1.54, 1.807) is 27.7 Å². The number of nitrogens with one attached hydrogen (secondary N) is 11. The minimum atomic E-state index is -2.15. The molecule has 2 aliphatic rings. The van der Waals surface area contributed by atoms with Crippen LogP contribution in [0.1, 0.15) is 95.4 Å². The third kappa shape index (κ3) is 28.3. The first-order valence-electron chi connectivity index (χ1n) is 34.3. The summed E-state index contributed by atoms with van der Waals surface area (Å²) in [5, 5.41) is 120. The predicted octanol–water partition coefficient (Wildman–Crippen LogP) is -5.24. The van der Waals surface area contributed by atoms with Gasteiger partial charge in [0.15, 0.2) is 5.88 Å². The second-order valence-electron chi connectivity index (χ2n) is 26.8. The number of β-amino-alcohol motifs (C(OH)–C–C–N with tert-alkyl or cyclic N) is 1. The fourth-order valence-electron chi connectivity index (χ4n) is 11.5. The number of benzene rings is 2. The molecule has 2 aromatic carbocycles. The van der Waals surface area contributed by atoms with Crippen molar-refractivity contribution in [2.75, 3.05) is 44.2 Å². The lowest BCUT2D eigenvalue weighted by atomic mass is 10.0. The van der Waals surface area contributed by atoms with Gasteiger partial charge in [0.25, 0.3) is 5.56 Å². The fourth-order valence-corrected chi connectivity index (χ4v) is 13.9. The molecule has 586 valence electrons. The maximum atomic E-state index is 14.9. The topological polar surface area (TPSA) is 599 Å². The number of H-pyrrole nitrogens is 1. The Balaban J connectivity index is 1.57. The van der Waals surface area contributed by atoms with E-state index in [9.17, 15) is 108 Å². The number of phenols is 2. The average molecular weight is 1530 g/mol. The van der Waals surface area contributed by atoms with Crippen LogP contribution < -0.4 is 70.2 Å². The van der Waals surface area contributed by atoms with Crippen molar-refractivity contribution in [2.45, 2.75) is 185 Å². The number of pyridine rings is 1. The number of aromatic nitrogens is 1. The van der Waals surface area contributed by atoms with E-state index in [1.807, 2.05) is 0 Å². The van der Waals surface area contributed by atoms with Gasteiger partial charge in [-0.3, -0.25) is 77.9 Å². The van der Waals surface area contributed by atoms with Gasteiger partial charge in [-0.2, -0.15) is 0 Å². The molecule has 0 bridgehead atoms. The molecule has 0 aliphatic carbocycles. The number of carboxylic acid groups (broad SMARTS) is 2. The van der Waals surface area contributed by atoms with Crippen LogP contribution in [0.2, 0.25) is 0 Å². The maximum Gasteiger partial charge on any atom is 0.305 e. The quantitative estimate of drug-likeness (QED) is 0.0239. The Labute approximate surface area is 618 Å². The Morgan fingerprint density at radius 1 is 0.708 bits per heavy atom. The van der Waals surface area contributed by atoms with Gasteiger partial charge < -0.3 is 110 Å². The van der Waals surface area contributed by atoms with E-state index in [1.165, 1.54) is 66.4 Å². The number of aliphatic hydroxyl groups excluding tert-OH is 4. The van der Waals surface area contributed by atoms with E-state index in [0.29, 0.717) is 11.1 Å². The van der Waals surface area contributed by atoms with Gasteiger partial charge in [-0.1, -0.05) is 73.5 Å². The molecule has 0 radical (unpaired) electrons. The minimum Gasteiger partial charge on any atom is -0.508 e. The summed E-state index contributed by atoms with van der Waals surface area (Å²) in [4.78, 5) is 185. The average Bonchev–Trinajstić information content (AvgIpc) is 1.65. The molecule has 39 heteroatoms. The molecular formula is C67H99N15O22S2. The number of likely N-dealkylation sites (tertiary alicyclic amines) is 1. The summed E-state index contributed by atoms with van der Waals surface area (Å²) in [6, 6.07) is -4.07. The second kappa shape index (κ2) is 42.2. The minimum absolute atomic E-state index is 0.00262. The zero-order valence-electron chi connectivity index (χ0n) is 59.4. The van der Waals surface area contributed by atoms with Gasteiger partial charge in [-0.15, -0.1) is 0 Å². The molecule has 10 amide bonds. The van der Waals surface area contributed by atoms with Crippen molar-refractivity contribution < 1.29 is 103 Å². The molecule has 37 nitrogen and oxygen atoms in total. The number of carboxylic acids is 2. The Bertz CT molecular complexity index is 3590. The van der Waals surface area contributed by atoms with Gasteiger partial charge in [0.05, 0.1) is 56.6 Å². The van der Waals surface area contributed by atoms with Crippen LogP contribution in [0, 0.1) is 18.8 Å². The van der Waals surface area contributed by atoms with Crippen LogP contribution in [-0.4, -0.2) is 261 Å². The number of amides is 10. The number of nitrogens with zero attached hydrogens (tertiary/aromatic N) is 2. The summed E-state index contributed by atoms with van der Waals surface area (Å²) in [6.45, 7) is 7.85. The first-order valence-corrected chi connectivity index (χ1v) is 36.8. The van der Waals surface area contributed by atoms with Crippen LogP contribution >= 0.6 is 21.6 Å². The van der Waals surface area contributed by atoms with Gasteiger partial charge in [0.1, 0.15) is 72.5 Å². The molecule has 2 aliphatic heterocycles. The van der Waals surface area contributed by atoms with Gasteiger partial charge in [-0.05, 0) is 92.8 Å². The third-order valence-electron chi connectivity index (χ3n) is 17.0. The maximum absolute atomic E-state index is 14.9. The molecule has 2 fully saturated rings. The van der Waals surface area contributed by atoms with E-state index in [2.05, 4.69) is 58.2 Å². The van der Waals surface area contributed by atoms with Crippen LogP contribution in [0.15, 0.2) is 59.4 Å². The van der Waals surface area contributed by atoms with E-state index in [-0.39, 0.29) is 86.2 Å². The zero-order valence-corrected chi connectivity index (χ0v) is 61.1. The molecule has 3 aromatic rings. The molecule has 2 unspecified atom stereocenters. The molecule has 106 heavy (non-hydrogen) atoms. The highest BCUT2D eigenvalue weighted by molar-refractivity contribution is 8.76. The lowest BCUT2D eigenvalue weighted by Gasteiger charge is -2.33. The molecule has 24 N–H and O–H groups in total. The molecule has 3 heterocycles. The van der Waals surface area contributed by atoms with Crippen molar-refractivity contribution in [3.8, 4) is 17.4 Å². The highest BCUT2D eigenvalue weighted by Crippen LogP contribution is 2.27. The summed E-state index contributed by atoms with van der Waals surface area (Å²) in [5.41, 5.74) is 11.6. The van der Waals surface area contributed by atoms with Crippen LogP contribution in [0.4, 0.5) is 0 Å². The first kappa shape index (κ1) is 87.4. The number of rotatable bonds is 28. The number of aromatic amines is 1. The second-order valence-corrected chi connectivity index (χ2v) is 29.3.